The van der Waals surface area contributed by atoms with Crippen molar-refractivity contribution in [3.8, 4) is 0 Å². The normalized spacial score (nSPS) is 26.7. The average molecular weight is 314 g/mol. The number of thiazole rings is 1. The molecule has 1 fully saturated rings. The molecule has 2 aromatic heterocycles. The number of likely N-dealkylation sites (tertiary alicyclic amines) is 1. The second-order valence-corrected chi connectivity index (χ2v) is 6.89. The molecule has 3 heterocycles. The standard InChI is InChI=1S/C12H16BrN3S/c1-9-6-15(3-2-11(9)13)7-10-8-16-4-5-17-12(16)14-10/h4-5,8-9,11H,2-3,6-7H2,1H3. The van der Waals surface area contributed by atoms with E-state index in [1.165, 1.54) is 25.2 Å². The van der Waals surface area contributed by atoms with Gasteiger partial charge in [-0.05, 0) is 18.9 Å². The molecular formula is C12H16BrN3S. The van der Waals surface area contributed by atoms with E-state index in [-0.39, 0.29) is 0 Å². The number of hydrogen-bond acceptors (Lipinski definition) is 3. The maximum atomic E-state index is 4.64. The molecule has 1 saturated heterocycles. The molecule has 2 atom stereocenters. The second kappa shape index (κ2) is 4.71. The van der Waals surface area contributed by atoms with Crippen LogP contribution in [0.25, 0.3) is 4.96 Å². The summed E-state index contributed by atoms with van der Waals surface area (Å²) in [7, 11) is 0. The van der Waals surface area contributed by atoms with Gasteiger partial charge in [-0.25, -0.2) is 4.98 Å². The molecule has 5 heteroatoms. The first kappa shape index (κ1) is 11.7. The number of piperidine rings is 1. The second-order valence-electron chi connectivity index (χ2n) is 4.84. The summed E-state index contributed by atoms with van der Waals surface area (Å²) in [5.41, 5.74) is 1.19. The van der Waals surface area contributed by atoms with E-state index in [1.54, 1.807) is 11.3 Å². The first-order chi connectivity index (χ1) is 8.22. The highest BCUT2D eigenvalue weighted by molar-refractivity contribution is 9.09. The SMILES string of the molecule is CC1CN(Cc2cn3ccsc3n2)CCC1Br. The highest BCUT2D eigenvalue weighted by Gasteiger charge is 2.24. The van der Waals surface area contributed by atoms with Crippen LogP contribution in [0.5, 0.6) is 0 Å². The van der Waals surface area contributed by atoms with Gasteiger partial charge in [0.25, 0.3) is 0 Å². The van der Waals surface area contributed by atoms with Crippen LogP contribution in [-0.4, -0.2) is 32.2 Å². The van der Waals surface area contributed by atoms with Crippen molar-refractivity contribution in [2.24, 2.45) is 5.92 Å². The summed E-state index contributed by atoms with van der Waals surface area (Å²) >= 11 is 5.44. The fourth-order valence-electron chi connectivity index (χ4n) is 2.43. The minimum absolute atomic E-state index is 0.684. The largest absolute Gasteiger partial charge is 0.297 e. The van der Waals surface area contributed by atoms with Crippen LogP contribution in [0.2, 0.25) is 0 Å². The zero-order valence-corrected chi connectivity index (χ0v) is 12.2. The van der Waals surface area contributed by atoms with Crippen molar-refractivity contribution in [3.63, 3.8) is 0 Å². The molecule has 2 aromatic rings. The van der Waals surface area contributed by atoms with E-state index < -0.39 is 0 Å². The first-order valence-corrected chi connectivity index (χ1v) is 7.79. The number of halogens is 1. The Hall–Kier alpha value is -0.390. The molecule has 17 heavy (non-hydrogen) atoms. The van der Waals surface area contributed by atoms with E-state index in [1.807, 2.05) is 0 Å². The molecule has 3 nitrogen and oxygen atoms in total. The van der Waals surface area contributed by atoms with Crippen LogP contribution in [0.3, 0.4) is 0 Å². The van der Waals surface area contributed by atoms with Crippen LogP contribution in [0.1, 0.15) is 19.0 Å². The monoisotopic (exact) mass is 313 g/mol. The summed E-state index contributed by atoms with van der Waals surface area (Å²) in [5, 5.41) is 2.07. The van der Waals surface area contributed by atoms with Crippen molar-refractivity contribution in [3.05, 3.63) is 23.5 Å². The summed E-state index contributed by atoms with van der Waals surface area (Å²) < 4.78 is 2.11. The molecule has 2 unspecified atom stereocenters. The molecule has 3 rings (SSSR count). The Morgan fingerprint density at radius 1 is 1.59 bits per heavy atom. The molecular weight excluding hydrogens is 298 g/mol. The quantitative estimate of drug-likeness (QED) is 0.794. The Bertz CT molecular complexity index is 478. The van der Waals surface area contributed by atoms with E-state index in [4.69, 9.17) is 0 Å². The summed E-state index contributed by atoms with van der Waals surface area (Å²) in [4.78, 5) is 8.93. The van der Waals surface area contributed by atoms with Gasteiger partial charge in [-0.3, -0.25) is 9.30 Å². The van der Waals surface area contributed by atoms with E-state index in [0.29, 0.717) is 4.83 Å². The van der Waals surface area contributed by atoms with Crippen LogP contribution < -0.4 is 0 Å². The van der Waals surface area contributed by atoms with Crippen molar-refractivity contribution in [1.29, 1.82) is 0 Å². The highest BCUT2D eigenvalue weighted by atomic mass is 79.9. The molecule has 0 aromatic carbocycles. The number of imidazole rings is 1. The number of nitrogens with zero attached hydrogens (tertiary/aromatic N) is 3. The summed E-state index contributed by atoms with van der Waals surface area (Å²) in [6, 6.07) is 0. The number of alkyl halides is 1. The topological polar surface area (TPSA) is 20.5 Å². The van der Waals surface area contributed by atoms with E-state index in [9.17, 15) is 0 Å². The molecule has 1 aliphatic heterocycles. The first-order valence-electron chi connectivity index (χ1n) is 6.00. The summed E-state index contributed by atoms with van der Waals surface area (Å²) in [6.07, 6.45) is 5.46. The molecule has 0 amide bonds. The van der Waals surface area contributed by atoms with Gasteiger partial charge in [-0.15, -0.1) is 11.3 Å². The third kappa shape index (κ3) is 2.41. The van der Waals surface area contributed by atoms with Gasteiger partial charge in [0.15, 0.2) is 4.96 Å². The lowest BCUT2D eigenvalue weighted by Crippen LogP contribution is -2.39. The maximum Gasteiger partial charge on any atom is 0.193 e. The van der Waals surface area contributed by atoms with Crippen LogP contribution in [0, 0.1) is 5.92 Å². The van der Waals surface area contributed by atoms with Crippen molar-refractivity contribution in [2.75, 3.05) is 13.1 Å². The third-order valence-corrected chi connectivity index (χ3v) is 5.54. The minimum atomic E-state index is 0.684. The maximum absolute atomic E-state index is 4.64. The Morgan fingerprint density at radius 3 is 3.24 bits per heavy atom. The molecule has 0 spiro atoms. The Balaban J connectivity index is 1.69. The minimum Gasteiger partial charge on any atom is -0.297 e. The predicted octanol–water partition coefficient (Wildman–Crippen LogP) is 3.00. The molecule has 0 N–H and O–H groups in total. The van der Waals surface area contributed by atoms with E-state index in [0.717, 1.165) is 17.4 Å². The lowest BCUT2D eigenvalue weighted by atomic mass is 10.00. The number of rotatable bonds is 2. The fourth-order valence-corrected chi connectivity index (χ4v) is 3.52. The van der Waals surface area contributed by atoms with Gasteiger partial charge in [0, 0.05) is 35.7 Å². The fraction of sp³-hybridized carbons (Fsp3) is 0.583. The van der Waals surface area contributed by atoms with Crippen molar-refractivity contribution < 1.29 is 0 Å². The highest BCUT2D eigenvalue weighted by Crippen LogP contribution is 2.24. The Kier molecular flexibility index (Phi) is 3.23. The van der Waals surface area contributed by atoms with Gasteiger partial charge < -0.3 is 0 Å². The Morgan fingerprint density at radius 2 is 2.47 bits per heavy atom. The average Bonchev–Trinajstić information content (AvgIpc) is 2.84. The third-order valence-electron chi connectivity index (χ3n) is 3.41. The van der Waals surface area contributed by atoms with Crippen LogP contribution in [0.4, 0.5) is 0 Å². The van der Waals surface area contributed by atoms with Gasteiger partial charge in [0.1, 0.15) is 0 Å². The molecule has 92 valence electrons. The number of fused-ring (bicyclic) bond motifs is 1. The Labute approximate surface area is 114 Å². The predicted molar refractivity (Wildman–Crippen MR) is 74.8 cm³/mol. The lowest BCUT2D eigenvalue weighted by Gasteiger charge is -2.33. The molecule has 0 bridgehead atoms. The van der Waals surface area contributed by atoms with Crippen LogP contribution >= 0.6 is 27.3 Å². The van der Waals surface area contributed by atoms with Crippen LogP contribution in [-0.2, 0) is 6.54 Å². The van der Waals surface area contributed by atoms with Gasteiger partial charge in [-0.1, -0.05) is 22.9 Å². The van der Waals surface area contributed by atoms with E-state index in [2.05, 4.69) is 54.9 Å². The van der Waals surface area contributed by atoms with E-state index >= 15 is 0 Å². The van der Waals surface area contributed by atoms with Crippen molar-refractivity contribution in [2.45, 2.75) is 24.7 Å². The summed E-state index contributed by atoms with van der Waals surface area (Å²) in [6.45, 7) is 5.64. The van der Waals surface area contributed by atoms with Gasteiger partial charge in [0.2, 0.25) is 0 Å². The van der Waals surface area contributed by atoms with Gasteiger partial charge >= 0.3 is 0 Å². The van der Waals surface area contributed by atoms with Crippen LogP contribution in [0.15, 0.2) is 17.8 Å². The molecule has 0 saturated carbocycles. The van der Waals surface area contributed by atoms with Crippen molar-refractivity contribution in [1.82, 2.24) is 14.3 Å². The molecule has 1 aliphatic rings. The van der Waals surface area contributed by atoms with Gasteiger partial charge in [0.05, 0.1) is 5.69 Å². The summed E-state index contributed by atoms with van der Waals surface area (Å²) in [5.74, 6) is 0.729. The zero-order valence-electron chi connectivity index (χ0n) is 9.84. The lowest BCUT2D eigenvalue weighted by molar-refractivity contribution is 0.182. The smallest absolute Gasteiger partial charge is 0.193 e. The number of hydrogen-bond donors (Lipinski definition) is 0. The van der Waals surface area contributed by atoms with Gasteiger partial charge in [-0.2, -0.15) is 0 Å². The molecule has 0 aliphatic carbocycles. The molecule has 0 radical (unpaired) electrons. The number of aromatic nitrogens is 2. The van der Waals surface area contributed by atoms with Crippen molar-refractivity contribution >= 4 is 32.2 Å². The zero-order chi connectivity index (χ0) is 11.8.